The van der Waals surface area contributed by atoms with E-state index in [0.29, 0.717) is 11.7 Å². The van der Waals surface area contributed by atoms with Gasteiger partial charge in [0.15, 0.2) is 11.9 Å². The molecule has 0 saturated heterocycles. The van der Waals surface area contributed by atoms with E-state index in [0.717, 1.165) is 37.0 Å². The first kappa shape index (κ1) is 16.8. The molecular formula is C16H22ClN3O2. The number of benzene rings is 1. The fourth-order valence-electron chi connectivity index (χ4n) is 2.50. The van der Waals surface area contributed by atoms with Crippen LogP contribution in [0.15, 0.2) is 28.8 Å². The third-order valence-corrected chi connectivity index (χ3v) is 4.14. The molecule has 0 amide bonds. The average Bonchev–Trinajstić information content (AvgIpc) is 2.94. The number of aryl methyl sites for hydroxylation is 1. The van der Waals surface area contributed by atoms with Gasteiger partial charge in [0.2, 0.25) is 0 Å². The lowest BCUT2D eigenvalue weighted by molar-refractivity contribution is 0.153. The van der Waals surface area contributed by atoms with E-state index in [2.05, 4.69) is 10.1 Å². The van der Waals surface area contributed by atoms with E-state index in [4.69, 9.17) is 15.0 Å². The van der Waals surface area contributed by atoms with Crippen molar-refractivity contribution >= 4 is 12.4 Å². The fraction of sp³-hybridized carbons (Fsp3) is 0.500. The average molecular weight is 324 g/mol. The van der Waals surface area contributed by atoms with E-state index in [1.54, 1.807) is 0 Å². The van der Waals surface area contributed by atoms with E-state index >= 15 is 0 Å². The molecule has 1 aromatic heterocycles. The molecule has 1 aromatic carbocycles. The van der Waals surface area contributed by atoms with Crippen molar-refractivity contribution in [2.45, 2.75) is 51.2 Å². The topological polar surface area (TPSA) is 74.2 Å². The van der Waals surface area contributed by atoms with Gasteiger partial charge in [-0.25, -0.2) is 0 Å². The predicted molar refractivity (Wildman–Crippen MR) is 86.1 cm³/mol. The van der Waals surface area contributed by atoms with Gasteiger partial charge in [-0.2, -0.15) is 4.98 Å². The summed E-state index contributed by atoms with van der Waals surface area (Å²) in [5.41, 5.74) is 6.92. The van der Waals surface area contributed by atoms with Crippen LogP contribution in [0.2, 0.25) is 0 Å². The van der Waals surface area contributed by atoms with Crippen LogP contribution >= 0.6 is 12.4 Å². The molecule has 2 aromatic rings. The Balaban J connectivity index is 0.00000176. The summed E-state index contributed by atoms with van der Waals surface area (Å²) < 4.78 is 11.4. The fourth-order valence-corrected chi connectivity index (χ4v) is 2.50. The first-order valence-electron chi connectivity index (χ1n) is 7.47. The summed E-state index contributed by atoms with van der Waals surface area (Å²) in [6.07, 6.45) is 3.48. The standard InChI is InChI=1S/C16H21N3O2.ClH/c1-3-12(20-13-8-5-4-7-11(13)2)14-18-15(19-21-14)16(17)9-6-10-16;/h4-5,7-8,12H,3,6,9-10,17H2,1-2H3;1H. The van der Waals surface area contributed by atoms with Gasteiger partial charge in [-0.15, -0.1) is 12.4 Å². The van der Waals surface area contributed by atoms with Crippen molar-refractivity contribution in [3.63, 3.8) is 0 Å². The van der Waals surface area contributed by atoms with Gasteiger partial charge < -0.3 is 15.0 Å². The van der Waals surface area contributed by atoms with E-state index in [1.165, 1.54) is 0 Å². The van der Waals surface area contributed by atoms with Gasteiger partial charge >= 0.3 is 0 Å². The Kier molecular flexibility index (Phi) is 5.08. The Bertz CT molecular complexity index is 625. The van der Waals surface area contributed by atoms with Crippen molar-refractivity contribution in [3.05, 3.63) is 41.5 Å². The lowest BCUT2D eigenvalue weighted by atomic mass is 9.77. The van der Waals surface area contributed by atoms with Gasteiger partial charge in [0.05, 0.1) is 5.54 Å². The molecule has 0 radical (unpaired) electrons. The largest absolute Gasteiger partial charge is 0.480 e. The number of halogens is 1. The van der Waals surface area contributed by atoms with Gasteiger partial charge in [-0.05, 0) is 44.2 Å². The van der Waals surface area contributed by atoms with E-state index < -0.39 is 5.54 Å². The Labute approximate surface area is 136 Å². The summed E-state index contributed by atoms with van der Waals surface area (Å²) in [5, 5.41) is 4.05. The molecule has 0 aliphatic heterocycles. The highest BCUT2D eigenvalue weighted by Crippen LogP contribution is 2.37. The quantitative estimate of drug-likeness (QED) is 0.908. The van der Waals surface area contributed by atoms with Crippen LogP contribution in [0, 0.1) is 6.92 Å². The molecule has 1 unspecified atom stereocenters. The molecule has 1 saturated carbocycles. The van der Waals surface area contributed by atoms with Gasteiger partial charge in [0.1, 0.15) is 5.75 Å². The van der Waals surface area contributed by atoms with Crippen LogP contribution < -0.4 is 10.5 Å². The van der Waals surface area contributed by atoms with Gasteiger partial charge in [0.25, 0.3) is 5.89 Å². The van der Waals surface area contributed by atoms with Crippen LogP contribution in [0.3, 0.4) is 0 Å². The van der Waals surface area contributed by atoms with Crippen molar-refractivity contribution in [1.29, 1.82) is 0 Å². The summed E-state index contributed by atoms with van der Waals surface area (Å²) in [6.45, 7) is 4.05. The number of hydrogen-bond acceptors (Lipinski definition) is 5. The second-order valence-corrected chi connectivity index (χ2v) is 5.75. The number of para-hydroxylation sites is 1. The molecule has 120 valence electrons. The van der Waals surface area contributed by atoms with Crippen molar-refractivity contribution in [2.75, 3.05) is 0 Å². The summed E-state index contributed by atoms with van der Waals surface area (Å²) in [4.78, 5) is 4.47. The molecule has 22 heavy (non-hydrogen) atoms. The number of rotatable bonds is 5. The van der Waals surface area contributed by atoms with Gasteiger partial charge in [0, 0.05) is 0 Å². The van der Waals surface area contributed by atoms with E-state index in [-0.39, 0.29) is 18.5 Å². The lowest BCUT2D eigenvalue weighted by Gasteiger charge is -2.34. The molecule has 1 heterocycles. The third kappa shape index (κ3) is 3.10. The summed E-state index contributed by atoms with van der Waals surface area (Å²) in [5.74, 6) is 1.96. The molecule has 0 spiro atoms. The zero-order valence-corrected chi connectivity index (χ0v) is 13.7. The Morgan fingerprint density at radius 1 is 1.36 bits per heavy atom. The van der Waals surface area contributed by atoms with Crippen LogP contribution in [-0.4, -0.2) is 10.1 Å². The molecule has 1 fully saturated rings. The highest BCUT2D eigenvalue weighted by molar-refractivity contribution is 5.85. The van der Waals surface area contributed by atoms with Crippen LogP contribution in [0.5, 0.6) is 5.75 Å². The van der Waals surface area contributed by atoms with E-state index in [9.17, 15) is 0 Å². The summed E-state index contributed by atoms with van der Waals surface area (Å²) >= 11 is 0. The number of ether oxygens (including phenoxy) is 1. The SMILES string of the molecule is CCC(Oc1ccccc1C)c1nc(C2(N)CCC2)no1.Cl. The maximum absolute atomic E-state index is 6.23. The summed E-state index contributed by atoms with van der Waals surface area (Å²) in [7, 11) is 0. The lowest BCUT2D eigenvalue weighted by Crippen LogP contribution is -2.44. The Morgan fingerprint density at radius 3 is 2.68 bits per heavy atom. The number of hydrogen-bond donors (Lipinski definition) is 1. The maximum atomic E-state index is 6.23. The molecule has 0 bridgehead atoms. The van der Waals surface area contributed by atoms with Crippen molar-refractivity contribution in [3.8, 4) is 5.75 Å². The van der Waals surface area contributed by atoms with Crippen LogP contribution in [-0.2, 0) is 5.54 Å². The minimum Gasteiger partial charge on any atom is -0.480 e. The molecule has 2 N–H and O–H groups in total. The number of aromatic nitrogens is 2. The molecule has 1 atom stereocenters. The van der Waals surface area contributed by atoms with Crippen molar-refractivity contribution < 1.29 is 9.26 Å². The molecule has 1 aliphatic rings. The van der Waals surface area contributed by atoms with Gasteiger partial charge in [-0.3, -0.25) is 0 Å². The normalized spacial score (nSPS) is 17.2. The maximum Gasteiger partial charge on any atom is 0.267 e. The number of nitrogens with zero attached hydrogens (tertiary/aromatic N) is 2. The molecule has 5 nitrogen and oxygen atoms in total. The zero-order chi connectivity index (χ0) is 14.9. The monoisotopic (exact) mass is 323 g/mol. The van der Waals surface area contributed by atoms with Crippen LogP contribution in [0.25, 0.3) is 0 Å². The Hall–Kier alpha value is -1.59. The minimum atomic E-state index is -0.400. The minimum absolute atomic E-state index is 0. The van der Waals surface area contributed by atoms with Crippen LogP contribution in [0.4, 0.5) is 0 Å². The second kappa shape index (κ2) is 6.67. The van der Waals surface area contributed by atoms with Crippen molar-refractivity contribution in [2.24, 2.45) is 5.73 Å². The third-order valence-electron chi connectivity index (χ3n) is 4.14. The molecule has 1 aliphatic carbocycles. The predicted octanol–water partition coefficient (Wildman–Crippen LogP) is 3.67. The highest BCUT2D eigenvalue weighted by Gasteiger charge is 2.39. The van der Waals surface area contributed by atoms with Gasteiger partial charge in [-0.1, -0.05) is 30.3 Å². The smallest absolute Gasteiger partial charge is 0.267 e. The summed E-state index contributed by atoms with van der Waals surface area (Å²) in [6, 6.07) is 7.91. The molecule has 6 heteroatoms. The van der Waals surface area contributed by atoms with E-state index in [1.807, 2.05) is 38.1 Å². The second-order valence-electron chi connectivity index (χ2n) is 5.75. The Morgan fingerprint density at radius 2 is 2.09 bits per heavy atom. The molecule has 3 rings (SSSR count). The highest BCUT2D eigenvalue weighted by atomic mass is 35.5. The van der Waals surface area contributed by atoms with Crippen molar-refractivity contribution in [1.82, 2.24) is 10.1 Å². The first-order chi connectivity index (χ1) is 10.1. The van der Waals surface area contributed by atoms with Crippen LogP contribution in [0.1, 0.15) is 56.0 Å². The molecular weight excluding hydrogens is 302 g/mol. The zero-order valence-electron chi connectivity index (χ0n) is 12.9. The first-order valence-corrected chi connectivity index (χ1v) is 7.47. The number of nitrogens with two attached hydrogens (primary N) is 1.